The third-order valence-electron chi connectivity index (χ3n) is 4.16. The van der Waals surface area contributed by atoms with Gasteiger partial charge >= 0.3 is 0 Å². The Bertz CT molecular complexity index is 600. The van der Waals surface area contributed by atoms with Crippen molar-refractivity contribution in [3.05, 3.63) is 17.7 Å². The Labute approximate surface area is 123 Å². The number of hydrogen-bond donors (Lipinski definition) is 2. The lowest BCUT2D eigenvalue weighted by molar-refractivity contribution is -0.128. The fourth-order valence-corrected chi connectivity index (χ4v) is 3.03. The predicted molar refractivity (Wildman–Crippen MR) is 82.3 cm³/mol. The third-order valence-corrected chi connectivity index (χ3v) is 4.16. The maximum atomic E-state index is 11.5. The summed E-state index contributed by atoms with van der Waals surface area (Å²) in [7, 11) is 0. The Hall–Kier alpha value is -2.24. The van der Waals surface area contributed by atoms with Crippen molar-refractivity contribution in [3.63, 3.8) is 0 Å². The van der Waals surface area contributed by atoms with Crippen molar-refractivity contribution in [2.24, 2.45) is 0 Å². The van der Waals surface area contributed by atoms with Crippen LogP contribution in [0.4, 0.5) is 17.1 Å². The number of nitrogens with zero attached hydrogens (tertiary/aromatic N) is 2. The first kappa shape index (κ1) is 13.7. The molecule has 0 saturated carbocycles. The van der Waals surface area contributed by atoms with E-state index in [2.05, 4.69) is 10.2 Å². The molecular formula is C15H20N4O2. The number of hydrogen-bond acceptors (Lipinski definition) is 4. The number of carbonyl (C=O) groups is 2. The van der Waals surface area contributed by atoms with Gasteiger partial charge in [-0.25, -0.2) is 0 Å². The van der Waals surface area contributed by atoms with Crippen molar-refractivity contribution in [3.8, 4) is 0 Å². The molecule has 1 fully saturated rings. The van der Waals surface area contributed by atoms with E-state index in [9.17, 15) is 9.59 Å². The summed E-state index contributed by atoms with van der Waals surface area (Å²) < 4.78 is 0. The molecule has 0 radical (unpaired) electrons. The van der Waals surface area contributed by atoms with E-state index in [0.717, 1.165) is 43.0 Å². The van der Waals surface area contributed by atoms with Crippen molar-refractivity contribution >= 4 is 28.9 Å². The van der Waals surface area contributed by atoms with Crippen LogP contribution in [-0.2, 0) is 16.0 Å². The largest absolute Gasteiger partial charge is 0.397 e. The quantitative estimate of drug-likeness (QED) is 0.750. The highest BCUT2D eigenvalue weighted by atomic mass is 16.2. The first-order chi connectivity index (χ1) is 10.0. The van der Waals surface area contributed by atoms with Gasteiger partial charge in [-0.3, -0.25) is 9.59 Å². The molecule has 0 aromatic heterocycles. The van der Waals surface area contributed by atoms with Crippen molar-refractivity contribution < 1.29 is 9.59 Å². The van der Waals surface area contributed by atoms with Crippen LogP contribution in [0, 0.1) is 0 Å². The van der Waals surface area contributed by atoms with E-state index >= 15 is 0 Å². The molecule has 1 saturated heterocycles. The maximum Gasteiger partial charge on any atom is 0.228 e. The van der Waals surface area contributed by atoms with Gasteiger partial charge in [0.05, 0.1) is 17.8 Å². The van der Waals surface area contributed by atoms with E-state index in [1.165, 1.54) is 0 Å². The lowest BCUT2D eigenvalue weighted by atomic mass is 10.1. The highest BCUT2D eigenvalue weighted by molar-refractivity contribution is 6.00. The summed E-state index contributed by atoms with van der Waals surface area (Å²) in [4.78, 5) is 27.0. The molecule has 2 aliphatic heterocycles. The number of nitrogens with two attached hydrogens (primary N) is 1. The molecule has 1 aromatic rings. The van der Waals surface area contributed by atoms with E-state index in [0.29, 0.717) is 18.7 Å². The van der Waals surface area contributed by atoms with Crippen LogP contribution in [0.3, 0.4) is 0 Å². The van der Waals surface area contributed by atoms with Gasteiger partial charge in [-0.2, -0.15) is 0 Å². The first-order valence-corrected chi connectivity index (χ1v) is 7.27. The van der Waals surface area contributed by atoms with Crippen LogP contribution >= 0.6 is 0 Å². The van der Waals surface area contributed by atoms with Crippen molar-refractivity contribution in [2.75, 3.05) is 42.1 Å². The highest BCUT2D eigenvalue weighted by Gasteiger charge is 2.23. The molecule has 0 aliphatic carbocycles. The fourth-order valence-electron chi connectivity index (χ4n) is 3.03. The Morgan fingerprint density at radius 2 is 2.05 bits per heavy atom. The van der Waals surface area contributed by atoms with Crippen molar-refractivity contribution in [2.45, 2.75) is 19.8 Å². The van der Waals surface area contributed by atoms with Crippen LogP contribution in [0.25, 0.3) is 0 Å². The monoisotopic (exact) mass is 288 g/mol. The molecule has 112 valence electrons. The minimum Gasteiger partial charge on any atom is -0.397 e. The van der Waals surface area contributed by atoms with Gasteiger partial charge in [0.15, 0.2) is 0 Å². The Morgan fingerprint density at radius 1 is 1.24 bits per heavy atom. The second-order valence-corrected chi connectivity index (χ2v) is 5.64. The maximum absolute atomic E-state index is 11.5. The lowest BCUT2D eigenvalue weighted by Gasteiger charge is -2.25. The van der Waals surface area contributed by atoms with Crippen LogP contribution < -0.4 is 16.0 Å². The van der Waals surface area contributed by atoms with Crippen LogP contribution in [-0.4, -0.2) is 42.9 Å². The smallest absolute Gasteiger partial charge is 0.228 e. The Balaban J connectivity index is 1.82. The van der Waals surface area contributed by atoms with Gasteiger partial charge in [0, 0.05) is 38.8 Å². The van der Waals surface area contributed by atoms with E-state index in [4.69, 9.17) is 5.73 Å². The zero-order valence-electron chi connectivity index (χ0n) is 12.2. The average molecular weight is 288 g/mol. The molecule has 6 nitrogen and oxygen atoms in total. The minimum absolute atomic E-state index is 0.0140. The van der Waals surface area contributed by atoms with Gasteiger partial charge in [0.2, 0.25) is 11.8 Å². The van der Waals surface area contributed by atoms with E-state index in [1.807, 2.05) is 17.0 Å². The van der Waals surface area contributed by atoms with Crippen LogP contribution in [0.2, 0.25) is 0 Å². The van der Waals surface area contributed by atoms with Gasteiger partial charge in [-0.05, 0) is 24.1 Å². The van der Waals surface area contributed by atoms with Gasteiger partial charge in [-0.1, -0.05) is 0 Å². The van der Waals surface area contributed by atoms with Gasteiger partial charge in [-0.15, -0.1) is 0 Å². The predicted octanol–water partition coefficient (Wildman–Crippen LogP) is 0.822. The van der Waals surface area contributed by atoms with Gasteiger partial charge in [0.25, 0.3) is 0 Å². The molecule has 0 atom stereocenters. The normalized spacial score (nSPS) is 18.2. The third kappa shape index (κ3) is 2.66. The van der Waals surface area contributed by atoms with Crippen LogP contribution in [0.5, 0.6) is 0 Å². The molecule has 0 bridgehead atoms. The van der Waals surface area contributed by atoms with Crippen LogP contribution in [0.1, 0.15) is 18.9 Å². The standard InChI is InChI=1S/C15H20N4O2/c1-10(20)18-3-2-4-19(6-5-18)14-9-13-11(7-12(14)16)8-15(21)17-13/h7,9H,2-6,8,16H2,1H3,(H,17,21). The van der Waals surface area contributed by atoms with Gasteiger partial charge in [0.1, 0.15) is 0 Å². The molecule has 21 heavy (non-hydrogen) atoms. The summed E-state index contributed by atoms with van der Waals surface area (Å²) in [5.41, 5.74) is 9.61. The second kappa shape index (κ2) is 5.27. The summed E-state index contributed by atoms with van der Waals surface area (Å²) in [6.45, 7) is 4.72. The molecule has 0 unspecified atom stereocenters. The number of fused-ring (bicyclic) bond motifs is 1. The van der Waals surface area contributed by atoms with Crippen molar-refractivity contribution in [1.29, 1.82) is 0 Å². The SMILES string of the molecule is CC(=O)N1CCCN(c2cc3c(cc2N)CC(=O)N3)CC1. The van der Waals surface area contributed by atoms with E-state index in [1.54, 1.807) is 6.92 Å². The Kier molecular flexibility index (Phi) is 3.45. The molecule has 3 N–H and O–H groups in total. The summed E-state index contributed by atoms with van der Waals surface area (Å²) in [5.74, 6) is 0.131. The summed E-state index contributed by atoms with van der Waals surface area (Å²) in [6, 6.07) is 3.84. The van der Waals surface area contributed by atoms with E-state index < -0.39 is 0 Å². The lowest BCUT2D eigenvalue weighted by Crippen LogP contribution is -2.33. The number of nitrogens with one attached hydrogen (secondary N) is 1. The number of carbonyl (C=O) groups excluding carboxylic acids is 2. The average Bonchev–Trinajstić information content (AvgIpc) is 2.63. The first-order valence-electron chi connectivity index (χ1n) is 7.27. The molecule has 2 amide bonds. The molecular weight excluding hydrogens is 268 g/mol. The summed E-state index contributed by atoms with van der Waals surface area (Å²) in [5, 5.41) is 2.86. The number of nitrogen functional groups attached to an aromatic ring is 1. The zero-order chi connectivity index (χ0) is 15.0. The fraction of sp³-hybridized carbons (Fsp3) is 0.467. The molecule has 1 aromatic carbocycles. The van der Waals surface area contributed by atoms with E-state index in [-0.39, 0.29) is 11.8 Å². The zero-order valence-corrected chi connectivity index (χ0v) is 12.2. The molecule has 2 heterocycles. The minimum atomic E-state index is 0.0140. The molecule has 0 spiro atoms. The topological polar surface area (TPSA) is 78.7 Å². The summed E-state index contributed by atoms with van der Waals surface area (Å²) >= 11 is 0. The molecule has 3 rings (SSSR count). The molecule has 2 aliphatic rings. The van der Waals surface area contributed by atoms with Gasteiger partial charge < -0.3 is 20.9 Å². The second-order valence-electron chi connectivity index (χ2n) is 5.64. The number of anilines is 3. The molecule has 6 heteroatoms. The van der Waals surface area contributed by atoms with Crippen molar-refractivity contribution in [1.82, 2.24) is 4.90 Å². The van der Waals surface area contributed by atoms with Crippen LogP contribution in [0.15, 0.2) is 12.1 Å². The highest BCUT2D eigenvalue weighted by Crippen LogP contribution is 2.34. The summed E-state index contributed by atoms with van der Waals surface area (Å²) in [6.07, 6.45) is 1.32. The number of rotatable bonds is 1. The number of benzene rings is 1. The number of amides is 2. The Morgan fingerprint density at radius 3 is 2.81 bits per heavy atom.